The summed E-state index contributed by atoms with van der Waals surface area (Å²) in [7, 11) is 0. The van der Waals surface area contributed by atoms with Crippen LogP contribution in [0, 0.1) is 13.8 Å². The molecule has 0 aliphatic carbocycles. The Hall–Kier alpha value is -2.09. The van der Waals surface area contributed by atoms with Crippen LogP contribution in [-0.2, 0) is 0 Å². The second-order valence-corrected chi connectivity index (χ2v) is 5.01. The number of carbonyl (C=O) groups is 1. The minimum Gasteiger partial charge on any atom is -0.493 e. The van der Waals surface area contributed by atoms with E-state index in [4.69, 9.17) is 4.74 Å². The molecule has 0 aliphatic heterocycles. The van der Waals surface area contributed by atoms with Gasteiger partial charge in [0.1, 0.15) is 5.75 Å². The lowest BCUT2D eigenvalue weighted by molar-refractivity contribution is 0.0973. The van der Waals surface area contributed by atoms with Gasteiger partial charge in [0.15, 0.2) is 5.78 Å². The van der Waals surface area contributed by atoms with E-state index in [1.54, 1.807) is 0 Å². The molecule has 0 bridgehead atoms. The van der Waals surface area contributed by atoms with Crippen LogP contribution in [0.3, 0.4) is 0 Å². The molecule has 104 valence electrons. The molecule has 2 nitrogen and oxygen atoms in total. The predicted molar refractivity (Wildman–Crippen MR) is 81.4 cm³/mol. The summed E-state index contributed by atoms with van der Waals surface area (Å²) in [6.45, 7) is 4.65. The number of ether oxygens (including phenoxy) is 1. The van der Waals surface area contributed by atoms with E-state index in [0.29, 0.717) is 13.0 Å². The van der Waals surface area contributed by atoms with Crippen LogP contribution in [0.4, 0.5) is 0 Å². The number of benzene rings is 2. The van der Waals surface area contributed by atoms with Crippen LogP contribution in [0.25, 0.3) is 0 Å². The smallest absolute Gasteiger partial charge is 0.163 e. The largest absolute Gasteiger partial charge is 0.493 e. The van der Waals surface area contributed by atoms with Gasteiger partial charge in [-0.15, -0.1) is 0 Å². The lowest BCUT2D eigenvalue weighted by atomic mass is 10.1. The summed E-state index contributed by atoms with van der Waals surface area (Å²) < 4.78 is 5.75. The van der Waals surface area contributed by atoms with Gasteiger partial charge < -0.3 is 4.74 Å². The predicted octanol–water partition coefficient (Wildman–Crippen LogP) is 4.35. The molecule has 0 unspecified atom stereocenters. The zero-order chi connectivity index (χ0) is 14.4. The highest BCUT2D eigenvalue weighted by Gasteiger charge is 2.05. The van der Waals surface area contributed by atoms with E-state index in [0.717, 1.165) is 23.3 Å². The first-order chi connectivity index (χ1) is 9.66. The van der Waals surface area contributed by atoms with E-state index >= 15 is 0 Å². The normalized spacial score (nSPS) is 10.3. The summed E-state index contributed by atoms with van der Waals surface area (Å²) >= 11 is 0. The van der Waals surface area contributed by atoms with Gasteiger partial charge in [0.25, 0.3) is 0 Å². The highest BCUT2D eigenvalue weighted by Crippen LogP contribution is 2.19. The summed E-state index contributed by atoms with van der Waals surface area (Å²) in [5, 5.41) is 0. The Morgan fingerprint density at radius 3 is 2.55 bits per heavy atom. The van der Waals surface area contributed by atoms with Crippen molar-refractivity contribution in [2.45, 2.75) is 26.7 Å². The van der Waals surface area contributed by atoms with Gasteiger partial charge in [0.05, 0.1) is 6.61 Å². The van der Waals surface area contributed by atoms with Gasteiger partial charge in [-0.05, 0) is 37.5 Å². The Bertz CT molecular complexity index is 573. The van der Waals surface area contributed by atoms with E-state index in [2.05, 4.69) is 12.1 Å². The number of rotatable bonds is 6. The summed E-state index contributed by atoms with van der Waals surface area (Å²) in [6, 6.07) is 15.6. The fourth-order valence-corrected chi connectivity index (χ4v) is 2.05. The van der Waals surface area contributed by atoms with Crippen molar-refractivity contribution in [1.82, 2.24) is 0 Å². The Labute approximate surface area is 120 Å². The molecule has 2 heteroatoms. The van der Waals surface area contributed by atoms with Crippen LogP contribution in [-0.4, -0.2) is 12.4 Å². The summed E-state index contributed by atoms with van der Waals surface area (Å²) in [6.07, 6.45) is 1.26. The SMILES string of the molecule is Cc1ccc(C)c(OCCCC(=O)c2ccccc2)c1. The highest BCUT2D eigenvalue weighted by molar-refractivity contribution is 5.95. The Morgan fingerprint density at radius 2 is 1.80 bits per heavy atom. The molecule has 2 aromatic carbocycles. The van der Waals surface area contributed by atoms with Crippen LogP contribution < -0.4 is 4.74 Å². The highest BCUT2D eigenvalue weighted by atomic mass is 16.5. The molecule has 0 N–H and O–H groups in total. The van der Waals surface area contributed by atoms with Crippen molar-refractivity contribution in [3.8, 4) is 5.75 Å². The number of aryl methyl sites for hydroxylation is 2. The van der Waals surface area contributed by atoms with E-state index in [-0.39, 0.29) is 5.78 Å². The van der Waals surface area contributed by atoms with Gasteiger partial charge >= 0.3 is 0 Å². The van der Waals surface area contributed by atoms with Crippen LogP contribution in [0.15, 0.2) is 48.5 Å². The van der Waals surface area contributed by atoms with Gasteiger partial charge in [0.2, 0.25) is 0 Å². The average Bonchev–Trinajstić information content (AvgIpc) is 2.47. The summed E-state index contributed by atoms with van der Waals surface area (Å²) in [5.74, 6) is 1.09. The molecule has 0 saturated heterocycles. The molecule has 0 heterocycles. The van der Waals surface area contributed by atoms with Gasteiger partial charge in [-0.25, -0.2) is 0 Å². The Balaban J connectivity index is 1.79. The molecule has 0 aliphatic rings. The second-order valence-electron chi connectivity index (χ2n) is 5.01. The molecule has 0 saturated carbocycles. The molecule has 2 aromatic rings. The van der Waals surface area contributed by atoms with Crippen LogP contribution >= 0.6 is 0 Å². The Morgan fingerprint density at radius 1 is 1.05 bits per heavy atom. The van der Waals surface area contributed by atoms with Crippen molar-refractivity contribution in [2.75, 3.05) is 6.61 Å². The van der Waals surface area contributed by atoms with Crippen molar-refractivity contribution in [3.05, 3.63) is 65.2 Å². The van der Waals surface area contributed by atoms with Gasteiger partial charge in [-0.2, -0.15) is 0 Å². The lowest BCUT2D eigenvalue weighted by Crippen LogP contribution is -2.04. The topological polar surface area (TPSA) is 26.3 Å². The fraction of sp³-hybridized carbons (Fsp3) is 0.278. The molecule has 0 aromatic heterocycles. The van der Waals surface area contributed by atoms with Gasteiger partial charge in [0, 0.05) is 12.0 Å². The van der Waals surface area contributed by atoms with E-state index in [9.17, 15) is 4.79 Å². The number of hydrogen-bond acceptors (Lipinski definition) is 2. The maximum Gasteiger partial charge on any atom is 0.163 e. The van der Waals surface area contributed by atoms with E-state index in [1.807, 2.05) is 50.2 Å². The van der Waals surface area contributed by atoms with Crippen molar-refractivity contribution >= 4 is 5.78 Å². The minimum atomic E-state index is 0.176. The maximum atomic E-state index is 11.9. The van der Waals surface area contributed by atoms with Crippen molar-refractivity contribution in [3.63, 3.8) is 0 Å². The second kappa shape index (κ2) is 6.90. The molecule has 20 heavy (non-hydrogen) atoms. The lowest BCUT2D eigenvalue weighted by Gasteiger charge is -2.09. The third-order valence-electron chi connectivity index (χ3n) is 3.25. The maximum absolute atomic E-state index is 11.9. The van der Waals surface area contributed by atoms with Crippen molar-refractivity contribution in [1.29, 1.82) is 0 Å². The van der Waals surface area contributed by atoms with E-state index in [1.165, 1.54) is 5.56 Å². The molecular formula is C18H20O2. The van der Waals surface area contributed by atoms with Gasteiger partial charge in [-0.1, -0.05) is 42.5 Å². The molecule has 2 rings (SSSR count). The average molecular weight is 268 g/mol. The molecule has 0 amide bonds. The standard InChI is InChI=1S/C18H20O2/c1-14-10-11-15(2)18(13-14)20-12-6-9-17(19)16-7-4-3-5-8-16/h3-5,7-8,10-11,13H,6,9,12H2,1-2H3. The van der Waals surface area contributed by atoms with Crippen LogP contribution in [0.5, 0.6) is 5.75 Å². The molecule has 0 spiro atoms. The zero-order valence-electron chi connectivity index (χ0n) is 12.1. The van der Waals surface area contributed by atoms with Crippen molar-refractivity contribution in [2.24, 2.45) is 0 Å². The summed E-state index contributed by atoms with van der Waals surface area (Å²) in [5.41, 5.74) is 3.09. The quantitative estimate of drug-likeness (QED) is 0.575. The third kappa shape index (κ3) is 3.95. The van der Waals surface area contributed by atoms with Gasteiger partial charge in [-0.3, -0.25) is 4.79 Å². The third-order valence-corrected chi connectivity index (χ3v) is 3.25. The van der Waals surface area contributed by atoms with Crippen LogP contribution in [0.2, 0.25) is 0 Å². The minimum absolute atomic E-state index is 0.176. The Kier molecular flexibility index (Phi) is 4.94. The van der Waals surface area contributed by atoms with Crippen molar-refractivity contribution < 1.29 is 9.53 Å². The molecular weight excluding hydrogens is 248 g/mol. The molecule has 0 fully saturated rings. The van der Waals surface area contributed by atoms with Crippen LogP contribution in [0.1, 0.15) is 34.3 Å². The number of ketones is 1. The molecule has 0 radical (unpaired) electrons. The number of carbonyl (C=O) groups excluding carboxylic acids is 1. The first kappa shape index (κ1) is 14.3. The zero-order valence-corrected chi connectivity index (χ0v) is 12.1. The fourth-order valence-electron chi connectivity index (χ4n) is 2.05. The first-order valence-electron chi connectivity index (χ1n) is 6.95. The molecule has 0 atom stereocenters. The number of Topliss-reactive ketones (excluding diaryl/α,β-unsaturated/α-hetero) is 1. The monoisotopic (exact) mass is 268 g/mol. The van der Waals surface area contributed by atoms with E-state index < -0.39 is 0 Å². The first-order valence-corrected chi connectivity index (χ1v) is 6.95. The summed E-state index contributed by atoms with van der Waals surface area (Å²) in [4.78, 5) is 11.9. The number of hydrogen-bond donors (Lipinski definition) is 0.